The van der Waals surface area contributed by atoms with Gasteiger partial charge in [0.15, 0.2) is 5.56 Å². The normalized spacial score (nSPS) is 10.1. The average Bonchev–Trinajstić information content (AvgIpc) is 2.47. The molecule has 0 unspecified atom stereocenters. The lowest BCUT2D eigenvalue weighted by atomic mass is 10.1. The molecule has 2 rings (SSSR count). The number of carboxylic acid groups (broad SMARTS) is 1. The number of nitrogens with zero attached hydrogens (tertiary/aromatic N) is 2. The maximum Gasteiger partial charge on any atom is 0.346 e. The maximum absolute atomic E-state index is 11.2. The zero-order chi connectivity index (χ0) is 15.2. The Bertz CT molecular complexity index is 658. The molecule has 108 valence electrons. The van der Waals surface area contributed by atoms with Crippen molar-refractivity contribution in [3.8, 4) is 5.75 Å². The van der Waals surface area contributed by atoms with Crippen molar-refractivity contribution < 1.29 is 19.6 Å². The van der Waals surface area contributed by atoms with Crippen molar-refractivity contribution in [2.45, 2.75) is 6.42 Å². The maximum atomic E-state index is 11.2. The van der Waals surface area contributed by atoms with E-state index in [4.69, 9.17) is 9.84 Å². The standard InChI is InChI=1S/C14H12N2O5/c17-14(18)13-11(16(19)20)4-1-5-12(13)21-8-6-10-3-2-7-15-9-10/h1-5,7,9H,6,8H2,(H,17,18). The fraction of sp³-hybridized carbons (Fsp3) is 0.143. The van der Waals surface area contributed by atoms with Crippen LogP contribution in [0.15, 0.2) is 42.7 Å². The summed E-state index contributed by atoms with van der Waals surface area (Å²) in [6, 6.07) is 7.58. The molecule has 0 bridgehead atoms. The SMILES string of the molecule is O=C(O)c1c(OCCc2cccnc2)cccc1[N+](=O)[O-]. The average molecular weight is 288 g/mol. The lowest BCUT2D eigenvalue weighted by Crippen LogP contribution is -2.09. The molecular weight excluding hydrogens is 276 g/mol. The van der Waals surface area contributed by atoms with Crippen molar-refractivity contribution in [3.63, 3.8) is 0 Å². The summed E-state index contributed by atoms with van der Waals surface area (Å²) in [4.78, 5) is 25.3. The molecule has 0 aliphatic rings. The fourth-order valence-corrected chi connectivity index (χ4v) is 1.83. The molecule has 1 aromatic heterocycles. The van der Waals surface area contributed by atoms with Crippen molar-refractivity contribution in [3.05, 3.63) is 64.0 Å². The number of aromatic nitrogens is 1. The summed E-state index contributed by atoms with van der Waals surface area (Å²) in [5.74, 6) is -1.40. The molecule has 0 spiro atoms. The van der Waals surface area contributed by atoms with E-state index in [0.29, 0.717) is 6.42 Å². The first kappa shape index (κ1) is 14.4. The van der Waals surface area contributed by atoms with Gasteiger partial charge in [-0.15, -0.1) is 0 Å². The summed E-state index contributed by atoms with van der Waals surface area (Å²) < 4.78 is 5.38. The zero-order valence-electron chi connectivity index (χ0n) is 10.9. The van der Waals surface area contributed by atoms with Crippen molar-refractivity contribution in [1.29, 1.82) is 0 Å². The number of carboxylic acids is 1. The minimum atomic E-state index is -1.39. The fourth-order valence-electron chi connectivity index (χ4n) is 1.83. The lowest BCUT2D eigenvalue weighted by Gasteiger charge is -2.09. The van der Waals surface area contributed by atoms with Crippen LogP contribution in [0.3, 0.4) is 0 Å². The number of pyridine rings is 1. The summed E-state index contributed by atoms with van der Waals surface area (Å²) >= 11 is 0. The van der Waals surface area contributed by atoms with E-state index in [2.05, 4.69) is 4.98 Å². The predicted molar refractivity (Wildman–Crippen MR) is 73.5 cm³/mol. The summed E-state index contributed by atoms with van der Waals surface area (Å²) in [7, 11) is 0. The first-order valence-corrected chi connectivity index (χ1v) is 6.12. The summed E-state index contributed by atoms with van der Waals surface area (Å²) in [6.45, 7) is 0.202. The molecule has 7 heteroatoms. The van der Waals surface area contributed by atoms with Gasteiger partial charge in [-0.1, -0.05) is 12.1 Å². The van der Waals surface area contributed by atoms with Crippen molar-refractivity contribution in [2.75, 3.05) is 6.61 Å². The monoisotopic (exact) mass is 288 g/mol. The molecule has 0 radical (unpaired) electrons. The number of rotatable bonds is 6. The first-order chi connectivity index (χ1) is 10.1. The van der Waals surface area contributed by atoms with Crippen molar-refractivity contribution in [1.82, 2.24) is 4.98 Å². The van der Waals surface area contributed by atoms with E-state index in [0.717, 1.165) is 11.6 Å². The van der Waals surface area contributed by atoms with Crippen LogP contribution in [0.2, 0.25) is 0 Å². The number of nitro groups is 1. The van der Waals surface area contributed by atoms with E-state index in [-0.39, 0.29) is 12.4 Å². The number of carbonyl (C=O) groups is 1. The van der Waals surface area contributed by atoms with Gasteiger partial charge in [-0.25, -0.2) is 4.79 Å². The zero-order valence-corrected chi connectivity index (χ0v) is 10.9. The predicted octanol–water partition coefficient (Wildman–Crippen LogP) is 2.31. The van der Waals surface area contributed by atoms with Crippen LogP contribution < -0.4 is 4.74 Å². The Morgan fingerprint density at radius 2 is 2.14 bits per heavy atom. The van der Waals surface area contributed by atoms with Crippen LogP contribution in [0.5, 0.6) is 5.75 Å². The Hall–Kier alpha value is -2.96. The van der Waals surface area contributed by atoms with Crippen LogP contribution in [0, 0.1) is 10.1 Å². The third kappa shape index (κ3) is 3.53. The molecule has 2 aromatic rings. The largest absolute Gasteiger partial charge is 0.492 e. The third-order valence-electron chi connectivity index (χ3n) is 2.79. The highest BCUT2D eigenvalue weighted by Crippen LogP contribution is 2.28. The van der Waals surface area contributed by atoms with E-state index >= 15 is 0 Å². The first-order valence-electron chi connectivity index (χ1n) is 6.12. The molecule has 1 N–H and O–H groups in total. The molecule has 0 amide bonds. The molecule has 0 saturated carbocycles. The second-order valence-electron chi connectivity index (χ2n) is 4.17. The van der Waals surface area contributed by atoms with Gasteiger partial charge in [0.2, 0.25) is 0 Å². The van der Waals surface area contributed by atoms with Crippen LogP contribution in [-0.2, 0) is 6.42 Å². The van der Waals surface area contributed by atoms with E-state index < -0.39 is 22.1 Å². The quantitative estimate of drug-likeness (QED) is 0.646. The Morgan fingerprint density at radius 1 is 1.33 bits per heavy atom. The van der Waals surface area contributed by atoms with Crippen LogP contribution in [-0.4, -0.2) is 27.6 Å². The molecule has 0 fully saturated rings. The van der Waals surface area contributed by atoms with E-state index in [1.54, 1.807) is 18.5 Å². The third-order valence-corrected chi connectivity index (χ3v) is 2.79. The molecule has 1 aromatic carbocycles. The highest BCUT2D eigenvalue weighted by molar-refractivity contribution is 5.95. The highest BCUT2D eigenvalue weighted by Gasteiger charge is 2.24. The second kappa shape index (κ2) is 6.47. The Kier molecular flexibility index (Phi) is 4.45. The van der Waals surface area contributed by atoms with E-state index in [9.17, 15) is 14.9 Å². The molecule has 0 atom stereocenters. The van der Waals surface area contributed by atoms with Crippen LogP contribution in [0.4, 0.5) is 5.69 Å². The van der Waals surface area contributed by atoms with Gasteiger partial charge < -0.3 is 9.84 Å². The Balaban J connectivity index is 2.14. The van der Waals surface area contributed by atoms with Gasteiger partial charge in [0.1, 0.15) is 5.75 Å². The molecule has 21 heavy (non-hydrogen) atoms. The molecule has 7 nitrogen and oxygen atoms in total. The minimum Gasteiger partial charge on any atom is -0.492 e. The van der Waals surface area contributed by atoms with Gasteiger partial charge in [-0.05, 0) is 17.7 Å². The van der Waals surface area contributed by atoms with Gasteiger partial charge in [-0.2, -0.15) is 0 Å². The molecule has 0 aliphatic heterocycles. The Morgan fingerprint density at radius 3 is 2.76 bits per heavy atom. The van der Waals surface area contributed by atoms with Crippen LogP contribution >= 0.6 is 0 Å². The number of aromatic carboxylic acids is 1. The number of ether oxygens (including phenoxy) is 1. The number of benzene rings is 1. The smallest absolute Gasteiger partial charge is 0.346 e. The second-order valence-corrected chi connectivity index (χ2v) is 4.17. The topological polar surface area (TPSA) is 103 Å². The van der Waals surface area contributed by atoms with Crippen LogP contribution in [0.1, 0.15) is 15.9 Å². The molecule has 0 saturated heterocycles. The molecule has 0 aliphatic carbocycles. The van der Waals surface area contributed by atoms with Gasteiger partial charge in [0, 0.05) is 24.9 Å². The summed E-state index contributed by atoms with van der Waals surface area (Å²) in [5, 5.41) is 20.0. The van der Waals surface area contributed by atoms with Gasteiger partial charge in [-0.3, -0.25) is 15.1 Å². The Labute approximate surface area is 120 Å². The molecular formula is C14H12N2O5. The van der Waals surface area contributed by atoms with Crippen molar-refractivity contribution in [2.24, 2.45) is 0 Å². The van der Waals surface area contributed by atoms with Gasteiger partial charge in [0.05, 0.1) is 11.5 Å². The molecule has 1 heterocycles. The van der Waals surface area contributed by atoms with E-state index in [1.807, 2.05) is 6.07 Å². The number of hydrogen-bond donors (Lipinski definition) is 1. The van der Waals surface area contributed by atoms with Gasteiger partial charge in [0.25, 0.3) is 5.69 Å². The number of nitro benzene ring substituents is 1. The minimum absolute atomic E-state index is 0.0133. The highest BCUT2D eigenvalue weighted by atomic mass is 16.6. The number of hydrogen-bond acceptors (Lipinski definition) is 5. The lowest BCUT2D eigenvalue weighted by molar-refractivity contribution is -0.385. The van der Waals surface area contributed by atoms with Crippen LogP contribution in [0.25, 0.3) is 0 Å². The van der Waals surface area contributed by atoms with E-state index in [1.165, 1.54) is 12.1 Å². The van der Waals surface area contributed by atoms with Gasteiger partial charge >= 0.3 is 5.97 Å². The van der Waals surface area contributed by atoms with Crippen molar-refractivity contribution >= 4 is 11.7 Å². The summed E-state index contributed by atoms with van der Waals surface area (Å²) in [6.07, 6.45) is 3.85. The summed E-state index contributed by atoms with van der Waals surface area (Å²) in [5.41, 5.74) is 0.00914.